The van der Waals surface area contributed by atoms with Gasteiger partial charge in [-0.05, 0) is 81.1 Å². The van der Waals surface area contributed by atoms with E-state index in [1.807, 2.05) is 13.8 Å². The van der Waals surface area contributed by atoms with Crippen molar-refractivity contribution in [1.82, 2.24) is 0 Å². The Labute approximate surface area is 204 Å². The highest BCUT2D eigenvalue weighted by atomic mass is 16.5. The Morgan fingerprint density at radius 3 is 2.09 bits per heavy atom. The summed E-state index contributed by atoms with van der Waals surface area (Å²) in [4.78, 5) is 25.0. The second kappa shape index (κ2) is 15.2. The van der Waals surface area contributed by atoms with Crippen LogP contribution in [-0.4, -0.2) is 24.6 Å². The fourth-order valence-electron chi connectivity index (χ4n) is 3.62. The van der Waals surface area contributed by atoms with Crippen molar-refractivity contribution in [3.05, 3.63) is 59.2 Å². The van der Waals surface area contributed by atoms with E-state index in [-0.39, 0.29) is 12.1 Å². The molecular formula is C29H40O5. The molecule has 0 bridgehead atoms. The minimum absolute atomic E-state index is 0.120. The van der Waals surface area contributed by atoms with E-state index < -0.39 is 5.97 Å². The van der Waals surface area contributed by atoms with Crippen molar-refractivity contribution in [3.8, 4) is 11.5 Å². The fraction of sp³-hybridized carbons (Fsp3) is 0.517. The number of aryl methyl sites for hydroxylation is 1. The molecule has 2 aromatic carbocycles. The van der Waals surface area contributed by atoms with Gasteiger partial charge in [0, 0.05) is 0 Å². The lowest BCUT2D eigenvalue weighted by Gasteiger charge is -2.14. The summed E-state index contributed by atoms with van der Waals surface area (Å²) in [6.45, 7) is 8.77. The van der Waals surface area contributed by atoms with E-state index in [2.05, 4.69) is 13.8 Å². The molecule has 34 heavy (non-hydrogen) atoms. The minimum atomic E-state index is -0.450. The van der Waals surface area contributed by atoms with Gasteiger partial charge in [0.15, 0.2) is 0 Å². The van der Waals surface area contributed by atoms with Gasteiger partial charge in [-0.25, -0.2) is 9.59 Å². The van der Waals surface area contributed by atoms with E-state index in [1.165, 1.54) is 25.7 Å². The van der Waals surface area contributed by atoms with E-state index in [0.29, 0.717) is 29.0 Å². The lowest BCUT2D eigenvalue weighted by Crippen LogP contribution is -2.15. The Kier molecular flexibility index (Phi) is 12.2. The van der Waals surface area contributed by atoms with Gasteiger partial charge in [0.05, 0.1) is 23.8 Å². The van der Waals surface area contributed by atoms with Crippen LogP contribution in [-0.2, 0) is 4.74 Å². The monoisotopic (exact) mass is 468 g/mol. The van der Waals surface area contributed by atoms with Crippen molar-refractivity contribution < 1.29 is 23.8 Å². The number of unbranched alkanes of at least 4 members (excludes halogenated alkanes) is 6. The van der Waals surface area contributed by atoms with Crippen LogP contribution in [0, 0.1) is 6.92 Å². The number of hydrogen-bond acceptors (Lipinski definition) is 5. The normalized spacial score (nSPS) is 11.6. The highest BCUT2D eigenvalue weighted by Crippen LogP contribution is 2.22. The molecular weight excluding hydrogens is 428 g/mol. The van der Waals surface area contributed by atoms with Crippen LogP contribution in [0.1, 0.15) is 105 Å². The third-order valence-corrected chi connectivity index (χ3v) is 5.74. The van der Waals surface area contributed by atoms with E-state index in [0.717, 1.165) is 37.9 Å². The maximum atomic E-state index is 12.6. The number of carbonyl (C=O) groups is 2. The van der Waals surface area contributed by atoms with Crippen molar-refractivity contribution in [3.63, 3.8) is 0 Å². The molecule has 0 aliphatic rings. The van der Waals surface area contributed by atoms with Gasteiger partial charge in [0.2, 0.25) is 0 Å². The quantitative estimate of drug-likeness (QED) is 0.152. The van der Waals surface area contributed by atoms with Gasteiger partial charge >= 0.3 is 11.9 Å². The first-order valence-electron chi connectivity index (χ1n) is 12.7. The van der Waals surface area contributed by atoms with Crippen molar-refractivity contribution in [2.75, 3.05) is 6.61 Å². The smallest absolute Gasteiger partial charge is 0.343 e. The first kappa shape index (κ1) is 27.4. The molecule has 0 radical (unpaired) electrons. The first-order valence-corrected chi connectivity index (χ1v) is 12.7. The molecule has 0 heterocycles. The van der Waals surface area contributed by atoms with Gasteiger partial charge in [-0.2, -0.15) is 0 Å². The van der Waals surface area contributed by atoms with Crippen LogP contribution >= 0.6 is 0 Å². The summed E-state index contributed by atoms with van der Waals surface area (Å²) < 4.78 is 16.8. The van der Waals surface area contributed by atoms with Gasteiger partial charge in [-0.1, -0.05) is 52.4 Å². The standard InChI is InChI=1S/C29H40O5/c1-5-7-9-11-13-23(4)33-29(31)25-16-19-27(22(3)21-25)34-28(30)24-14-17-26(18-15-24)32-20-12-10-8-6-2/h14-19,21,23H,5-13,20H2,1-4H3/t23-/m0/s1. The Balaban J connectivity index is 1.86. The van der Waals surface area contributed by atoms with Gasteiger partial charge < -0.3 is 14.2 Å². The van der Waals surface area contributed by atoms with Gasteiger partial charge in [-0.15, -0.1) is 0 Å². The molecule has 0 aliphatic heterocycles. The van der Waals surface area contributed by atoms with Gasteiger partial charge in [-0.3, -0.25) is 0 Å². The maximum absolute atomic E-state index is 12.6. The third kappa shape index (κ3) is 9.58. The van der Waals surface area contributed by atoms with Gasteiger partial charge in [0.25, 0.3) is 0 Å². The molecule has 0 unspecified atom stereocenters. The van der Waals surface area contributed by atoms with Crippen LogP contribution in [0.2, 0.25) is 0 Å². The second-order valence-electron chi connectivity index (χ2n) is 8.87. The number of ether oxygens (including phenoxy) is 3. The maximum Gasteiger partial charge on any atom is 0.343 e. The van der Waals surface area contributed by atoms with E-state index >= 15 is 0 Å². The summed E-state index contributed by atoms with van der Waals surface area (Å²) in [5.41, 5.74) is 1.60. The lowest BCUT2D eigenvalue weighted by molar-refractivity contribution is 0.0319. The van der Waals surface area contributed by atoms with E-state index in [4.69, 9.17) is 14.2 Å². The van der Waals surface area contributed by atoms with Crippen LogP contribution in [0.4, 0.5) is 0 Å². The molecule has 1 atom stereocenters. The van der Waals surface area contributed by atoms with Crippen molar-refractivity contribution >= 4 is 11.9 Å². The summed E-state index contributed by atoms with van der Waals surface area (Å²) >= 11 is 0. The van der Waals surface area contributed by atoms with E-state index in [1.54, 1.807) is 42.5 Å². The van der Waals surface area contributed by atoms with Crippen LogP contribution in [0.25, 0.3) is 0 Å². The van der Waals surface area contributed by atoms with Crippen molar-refractivity contribution in [2.24, 2.45) is 0 Å². The summed E-state index contributed by atoms with van der Waals surface area (Å²) in [7, 11) is 0. The van der Waals surface area contributed by atoms with E-state index in [9.17, 15) is 9.59 Å². The molecule has 2 aromatic rings. The summed E-state index contributed by atoms with van der Waals surface area (Å²) in [5, 5.41) is 0. The molecule has 0 amide bonds. The van der Waals surface area contributed by atoms with Crippen molar-refractivity contribution in [1.29, 1.82) is 0 Å². The molecule has 5 nitrogen and oxygen atoms in total. The average molecular weight is 469 g/mol. The Bertz CT molecular complexity index is 888. The zero-order valence-corrected chi connectivity index (χ0v) is 21.2. The Morgan fingerprint density at radius 2 is 1.44 bits per heavy atom. The molecule has 0 saturated heterocycles. The predicted octanol–water partition coefficient (Wildman–Crippen LogP) is 7.69. The number of hydrogen-bond donors (Lipinski definition) is 0. The van der Waals surface area contributed by atoms with Gasteiger partial charge in [0.1, 0.15) is 11.5 Å². The average Bonchev–Trinajstić information content (AvgIpc) is 2.83. The molecule has 0 aliphatic carbocycles. The fourth-order valence-corrected chi connectivity index (χ4v) is 3.62. The van der Waals surface area contributed by atoms with Crippen LogP contribution < -0.4 is 9.47 Å². The number of esters is 2. The zero-order chi connectivity index (χ0) is 24.8. The molecule has 0 spiro atoms. The summed E-state index contributed by atoms with van der Waals surface area (Å²) in [6.07, 6.45) is 9.95. The third-order valence-electron chi connectivity index (χ3n) is 5.74. The highest BCUT2D eigenvalue weighted by molar-refractivity contribution is 5.92. The highest BCUT2D eigenvalue weighted by Gasteiger charge is 2.15. The Morgan fingerprint density at radius 1 is 0.794 bits per heavy atom. The molecule has 5 heteroatoms. The molecule has 0 aromatic heterocycles. The number of rotatable bonds is 15. The van der Waals surface area contributed by atoms with Crippen LogP contribution in [0.15, 0.2) is 42.5 Å². The zero-order valence-electron chi connectivity index (χ0n) is 21.2. The van der Waals surface area contributed by atoms with Crippen LogP contribution in [0.5, 0.6) is 11.5 Å². The van der Waals surface area contributed by atoms with Crippen LogP contribution in [0.3, 0.4) is 0 Å². The molecule has 0 fully saturated rings. The SMILES string of the molecule is CCCCCCOc1ccc(C(=O)Oc2ccc(C(=O)O[C@@H](C)CCCCCC)cc2C)cc1. The van der Waals surface area contributed by atoms with Crippen molar-refractivity contribution in [2.45, 2.75) is 91.6 Å². The topological polar surface area (TPSA) is 61.8 Å². The molecule has 0 saturated carbocycles. The predicted molar refractivity (Wildman–Crippen MR) is 136 cm³/mol. The molecule has 0 N–H and O–H groups in total. The lowest BCUT2D eigenvalue weighted by atomic mass is 10.1. The summed E-state index contributed by atoms with van der Waals surface area (Å²) in [6, 6.07) is 11.9. The molecule has 186 valence electrons. The Hall–Kier alpha value is -2.82. The molecule has 2 rings (SSSR count). The second-order valence-corrected chi connectivity index (χ2v) is 8.87. The number of benzene rings is 2. The first-order chi connectivity index (χ1) is 16.4. The largest absolute Gasteiger partial charge is 0.494 e. The number of carbonyl (C=O) groups excluding carboxylic acids is 2. The minimum Gasteiger partial charge on any atom is -0.494 e. The summed E-state index contributed by atoms with van der Waals surface area (Å²) in [5.74, 6) is 0.361.